The van der Waals surface area contributed by atoms with Crippen molar-refractivity contribution in [3.8, 4) is 28.7 Å². The van der Waals surface area contributed by atoms with Crippen LogP contribution in [0, 0.1) is 5.82 Å². The van der Waals surface area contributed by atoms with Gasteiger partial charge in [0, 0.05) is 24.1 Å². The second-order valence-corrected chi connectivity index (χ2v) is 8.01. The molecule has 0 aromatic heterocycles. The van der Waals surface area contributed by atoms with Gasteiger partial charge in [0.1, 0.15) is 11.6 Å². The predicted octanol–water partition coefficient (Wildman–Crippen LogP) is 5.76. The van der Waals surface area contributed by atoms with Crippen LogP contribution < -0.4 is 23.7 Å². The monoisotopic (exact) mass is 504 g/mol. The van der Waals surface area contributed by atoms with Gasteiger partial charge >= 0.3 is 11.9 Å². The summed E-state index contributed by atoms with van der Waals surface area (Å²) in [4.78, 5) is 24.8. The maximum atomic E-state index is 13.3. The third-order valence-electron chi connectivity index (χ3n) is 5.53. The zero-order valence-electron chi connectivity index (χ0n) is 20.6. The minimum Gasteiger partial charge on any atom is -0.493 e. The number of carbonyl (C=O) groups is 2. The number of methoxy groups -OCH3 is 2. The Bertz CT molecular complexity index is 1420. The Balaban J connectivity index is 1.76. The number of ether oxygens (including phenoxy) is 5. The van der Waals surface area contributed by atoms with Crippen molar-refractivity contribution in [3.05, 3.63) is 89.7 Å². The van der Waals surface area contributed by atoms with E-state index in [1.165, 1.54) is 33.3 Å². The summed E-state index contributed by atoms with van der Waals surface area (Å²) in [6.07, 6.45) is 0.697. The molecule has 0 atom stereocenters. The molecule has 0 unspecified atom stereocenters. The van der Waals surface area contributed by atoms with Gasteiger partial charge < -0.3 is 23.7 Å². The van der Waals surface area contributed by atoms with E-state index in [0.717, 1.165) is 17.7 Å². The summed E-state index contributed by atoms with van der Waals surface area (Å²) in [6.45, 7) is 1.68. The average molecular weight is 505 g/mol. The van der Waals surface area contributed by atoms with Gasteiger partial charge in [-0.1, -0.05) is 30.3 Å². The molecule has 4 aromatic carbocycles. The van der Waals surface area contributed by atoms with E-state index in [4.69, 9.17) is 23.7 Å². The van der Waals surface area contributed by atoms with Gasteiger partial charge in [-0.25, -0.2) is 9.18 Å². The molecule has 0 bridgehead atoms. The summed E-state index contributed by atoms with van der Waals surface area (Å²) >= 11 is 0. The highest BCUT2D eigenvalue weighted by molar-refractivity contribution is 6.03. The number of hydrogen-bond acceptors (Lipinski definition) is 7. The number of carbonyl (C=O) groups excluding carboxylic acids is 2. The molecule has 0 fully saturated rings. The van der Waals surface area contributed by atoms with Crippen LogP contribution in [-0.2, 0) is 11.2 Å². The van der Waals surface area contributed by atoms with Crippen LogP contribution in [-0.4, -0.2) is 32.8 Å². The zero-order chi connectivity index (χ0) is 26.4. The minimum absolute atomic E-state index is 0.0513. The molecule has 190 valence electrons. The largest absolute Gasteiger partial charge is 0.493 e. The number of esters is 2. The molecule has 7 nitrogen and oxygen atoms in total. The van der Waals surface area contributed by atoms with Gasteiger partial charge in [-0.05, 0) is 48.0 Å². The Kier molecular flexibility index (Phi) is 7.88. The van der Waals surface area contributed by atoms with Crippen molar-refractivity contribution in [1.82, 2.24) is 0 Å². The Morgan fingerprint density at radius 3 is 2.03 bits per heavy atom. The number of rotatable bonds is 9. The Labute approximate surface area is 213 Å². The van der Waals surface area contributed by atoms with E-state index in [1.54, 1.807) is 18.2 Å². The average Bonchev–Trinajstić information content (AvgIpc) is 2.90. The van der Waals surface area contributed by atoms with Crippen LogP contribution in [0.5, 0.6) is 28.7 Å². The lowest BCUT2D eigenvalue weighted by molar-refractivity contribution is -0.131. The van der Waals surface area contributed by atoms with Gasteiger partial charge in [-0.15, -0.1) is 0 Å². The van der Waals surface area contributed by atoms with Crippen LogP contribution in [0.2, 0.25) is 0 Å². The number of hydrogen-bond donors (Lipinski definition) is 0. The summed E-state index contributed by atoms with van der Waals surface area (Å²) in [6, 6.07) is 19.9. The Hall–Kier alpha value is -4.59. The van der Waals surface area contributed by atoms with E-state index in [2.05, 4.69) is 0 Å². The van der Waals surface area contributed by atoms with Crippen LogP contribution in [0.1, 0.15) is 22.8 Å². The second-order valence-electron chi connectivity index (χ2n) is 8.01. The first-order valence-corrected chi connectivity index (χ1v) is 11.5. The van der Waals surface area contributed by atoms with E-state index >= 15 is 0 Å². The molecule has 8 heteroatoms. The number of benzene rings is 4. The number of halogens is 1. The van der Waals surface area contributed by atoms with Crippen molar-refractivity contribution in [1.29, 1.82) is 0 Å². The molecule has 0 N–H and O–H groups in total. The molecule has 0 aliphatic rings. The van der Waals surface area contributed by atoms with E-state index in [9.17, 15) is 14.0 Å². The van der Waals surface area contributed by atoms with Gasteiger partial charge in [0.25, 0.3) is 0 Å². The van der Waals surface area contributed by atoms with Crippen molar-refractivity contribution in [3.63, 3.8) is 0 Å². The topological polar surface area (TPSA) is 80.3 Å². The van der Waals surface area contributed by atoms with Crippen molar-refractivity contribution in [2.45, 2.75) is 13.3 Å². The normalized spacial score (nSPS) is 10.6. The molecule has 0 aliphatic carbocycles. The molecule has 0 spiro atoms. The van der Waals surface area contributed by atoms with E-state index in [1.807, 2.05) is 30.3 Å². The highest BCUT2D eigenvalue weighted by Crippen LogP contribution is 2.52. The third-order valence-corrected chi connectivity index (χ3v) is 5.53. The molecule has 0 aliphatic heterocycles. The lowest BCUT2D eigenvalue weighted by Crippen LogP contribution is -2.11. The Morgan fingerprint density at radius 1 is 0.757 bits per heavy atom. The molecular formula is C29H25FO7. The summed E-state index contributed by atoms with van der Waals surface area (Å²) in [5, 5.41) is 0.826. The second kappa shape index (κ2) is 11.4. The zero-order valence-corrected chi connectivity index (χ0v) is 20.6. The minimum atomic E-state index is -0.731. The van der Waals surface area contributed by atoms with Gasteiger partial charge in [0.15, 0.2) is 11.5 Å². The smallest absolute Gasteiger partial charge is 0.343 e. The van der Waals surface area contributed by atoms with Crippen LogP contribution >= 0.6 is 0 Å². The first kappa shape index (κ1) is 25.5. The van der Waals surface area contributed by atoms with Crippen LogP contribution in [0.25, 0.3) is 10.8 Å². The molecule has 0 amide bonds. The summed E-state index contributed by atoms with van der Waals surface area (Å²) < 4.78 is 41.5. The maximum Gasteiger partial charge on any atom is 0.343 e. The predicted molar refractivity (Wildman–Crippen MR) is 135 cm³/mol. The first-order chi connectivity index (χ1) is 17.9. The van der Waals surface area contributed by atoms with E-state index in [-0.39, 0.29) is 28.6 Å². The fourth-order valence-electron chi connectivity index (χ4n) is 3.84. The third kappa shape index (κ3) is 5.81. The molecule has 37 heavy (non-hydrogen) atoms. The number of fused-ring (bicyclic) bond motifs is 1. The fraction of sp³-hybridized carbons (Fsp3) is 0.172. The van der Waals surface area contributed by atoms with Crippen molar-refractivity contribution in [2.75, 3.05) is 20.8 Å². The van der Waals surface area contributed by atoms with Crippen molar-refractivity contribution < 1.29 is 37.7 Å². The van der Waals surface area contributed by atoms with Crippen LogP contribution in [0.3, 0.4) is 0 Å². The van der Waals surface area contributed by atoms with E-state index < -0.39 is 17.8 Å². The molecule has 4 rings (SSSR count). The molecule has 0 heterocycles. The van der Waals surface area contributed by atoms with Crippen LogP contribution in [0.4, 0.5) is 4.39 Å². The van der Waals surface area contributed by atoms with Crippen LogP contribution in [0.15, 0.2) is 72.8 Å². The first-order valence-electron chi connectivity index (χ1n) is 11.5. The molecule has 0 saturated heterocycles. The van der Waals surface area contributed by atoms with Crippen molar-refractivity contribution in [2.24, 2.45) is 0 Å². The molecule has 0 saturated carbocycles. The quantitative estimate of drug-likeness (QED) is 0.212. The lowest BCUT2D eigenvalue weighted by atomic mass is 10.1. The highest BCUT2D eigenvalue weighted by atomic mass is 19.1. The van der Waals surface area contributed by atoms with Gasteiger partial charge in [-0.2, -0.15) is 0 Å². The van der Waals surface area contributed by atoms with Gasteiger partial charge in [-0.3, -0.25) is 4.79 Å². The van der Waals surface area contributed by atoms with E-state index in [0.29, 0.717) is 29.5 Å². The fourth-order valence-corrected chi connectivity index (χ4v) is 3.84. The molecule has 0 radical (unpaired) electrons. The maximum absolute atomic E-state index is 13.3. The lowest BCUT2D eigenvalue weighted by Gasteiger charge is -2.20. The SMILES string of the molecule is COc1c(OC)c(OC(=O)c2ccc(F)cc2)c2ccc(OCCc3ccccc3)cc2c1OC(C)=O. The summed E-state index contributed by atoms with van der Waals surface area (Å²) in [5.74, 6) is -1.01. The standard InChI is InChI=1S/C29H25FO7/c1-18(31)36-26-24-17-22(35-16-15-19-7-5-4-6-8-19)13-14-23(24)25(27(33-2)28(26)34-3)37-29(32)20-9-11-21(30)12-10-20/h4-14,17H,15-16H2,1-3H3. The highest BCUT2D eigenvalue weighted by Gasteiger charge is 2.27. The van der Waals surface area contributed by atoms with Crippen molar-refractivity contribution >= 4 is 22.7 Å². The summed E-state index contributed by atoms with van der Waals surface area (Å²) in [5.41, 5.74) is 1.27. The summed E-state index contributed by atoms with van der Waals surface area (Å²) in [7, 11) is 2.75. The van der Waals surface area contributed by atoms with Gasteiger partial charge in [0.2, 0.25) is 11.5 Å². The molecule has 4 aromatic rings. The van der Waals surface area contributed by atoms with Gasteiger partial charge in [0.05, 0.1) is 26.4 Å². The Morgan fingerprint density at radius 2 is 1.41 bits per heavy atom. The molecular weight excluding hydrogens is 479 g/mol.